The first-order chi connectivity index (χ1) is 7.35. The van der Waals surface area contributed by atoms with Crippen LogP contribution in [0.3, 0.4) is 0 Å². The van der Waals surface area contributed by atoms with Crippen LogP contribution in [0, 0.1) is 0 Å². The summed E-state index contributed by atoms with van der Waals surface area (Å²) in [5.74, 6) is 0.521. The number of anilines is 1. The molecule has 5 nitrogen and oxygen atoms in total. The molecule has 1 aromatic rings. The molecule has 0 atom stereocenters. The Morgan fingerprint density at radius 3 is 2.80 bits per heavy atom. The second-order valence-electron chi connectivity index (χ2n) is 3.96. The SMILES string of the molecule is CCCCN(c1nnc(CN)o1)C1CC1. The van der Waals surface area contributed by atoms with Crippen molar-refractivity contribution in [2.75, 3.05) is 11.4 Å². The molecule has 0 saturated heterocycles. The Kier molecular flexibility index (Phi) is 3.20. The number of hydrogen-bond acceptors (Lipinski definition) is 5. The summed E-state index contributed by atoms with van der Waals surface area (Å²) in [5, 5.41) is 7.92. The van der Waals surface area contributed by atoms with Gasteiger partial charge in [0.15, 0.2) is 0 Å². The lowest BCUT2D eigenvalue weighted by molar-refractivity contribution is 0.480. The molecule has 0 unspecified atom stereocenters. The fraction of sp³-hybridized carbons (Fsp3) is 0.800. The van der Waals surface area contributed by atoms with Gasteiger partial charge in [0, 0.05) is 12.6 Å². The molecule has 84 valence electrons. The number of nitrogens with two attached hydrogens (primary N) is 1. The zero-order chi connectivity index (χ0) is 10.7. The molecule has 2 rings (SSSR count). The van der Waals surface area contributed by atoms with Crippen molar-refractivity contribution in [2.45, 2.75) is 45.2 Å². The molecule has 2 N–H and O–H groups in total. The van der Waals surface area contributed by atoms with Crippen LogP contribution in [0.4, 0.5) is 6.01 Å². The van der Waals surface area contributed by atoms with Crippen LogP contribution in [0.5, 0.6) is 0 Å². The van der Waals surface area contributed by atoms with Gasteiger partial charge in [0.05, 0.1) is 6.54 Å². The third-order valence-corrected chi connectivity index (χ3v) is 2.62. The Balaban J connectivity index is 2.02. The van der Waals surface area contributed by atoms with Gasteiger partial charge in [-0.1, -0.05) is 18.4 Å². The van der Waals surface area contributed by atoms with E-state index >= 15 is 0 Å². The van der Waals surface area contributed by atoms with Crippen molar-refractivity contribution < 1.29 is 4.42 Å². The molecule has 1 aliphatic carbocycles. The van der Waals surface area contributed by atoms with E-state index in [1.165, 1.54) is 19.3 Å². The van der Waals surface area contributed by atoms with E-state index in [2.05, 4.69) is 22.0 Å². The molecule has 1 aromatic heterocycles. The predicted molar refractivity (Wildman–Crippen MR) is 57.5 cm³/mol. The van der Waals surface area contributed by atoms with Crippen molar-refractivity contribution in [3.63, 3.8) is 0 Å². The van der Waals surface area contributed by atoms with Gasteiger partial charge in [-0.15, -0.1) is 5.10 Å². The van der Waals surface area contributed by atoms with Gasteiger partial charge in [0.2, 0.25) is 5.89 Å². The van der Waals surface area contributed by atoms with Gasteiger partial charge in [-0.3, -0.25) is 0 Å². The van der Waals surface area contributed by atoms with E-state index in [0.29, 0.717) is 24.5 Å². The second-order valence-corrected chi connectivity index (χ2v) is 3.96. The average molecular weight is 210 g/mol. The van der Waals surface area contributed by atoms with Gasteiger partial charge in [-0.2, -0.15) is 0 Å². The first kappa shape index (κ1) is 10.4. The van der Waals surface area contributed by atoms with Crippen molar-refractivity contribution in [1.29, 1.82) is 0 Å². The highest BCUT2D eigenvalue weighted by Crippen LogP contribution is 2.30. The van der Waals surface area contributed by atoms with Gasteiger partial charge < -0.3 is 15.1 Å². The maximum atomic E-state index is 5.47. The Hall–Kier alpha value is -1.10. The largest absolute Gasteiger partial charge is 0.407 e. The molecule has 0 amide bonds. The molecule has 0 radical (unpaired) electrons. The zero-order valence-electron chi connectivity index (χ0n) is 9.15. The van der Waals surface area contributed by atoms with Gasteiger partial charge >= 0.3 is 6.01 Å². The standard InChI is InChI=1S/C10H18N4O/c1-2-3-6-14(8-4-5-8)10-13-12-9(7-11)15-10/h8H,2-7,11H2,1H3. The number of aromatic nitrogens is 2. The van der Waals surface area contributed by atoms with E-state index < -0.39 is 0 Å². The van der Waals surface area contributed by atoms with Gasteiger partial charge in [0.1, 0.15) is 0 Å². The summed E-state index contributed by atoms with van der Waals surface area (Å²) < 4.78 is 5.47. The summed E-state index contributed by atoms with van der Waals surface area (Å²) in [6, 6.07) is 1.26. The van der Waals surface area contributed by atoms with Crippen LogP contribution in [0.25, 0.3) is 0 Å². The minimum atomic E-state index is 0.319. The number of nitrogens with zero attached hydrogens (tertiary/aromatic N) is 3. The smallest absolute Gasteiger partial charge is 0.318 e. The fourth-order valence-corrected chi connectivity index (χ4v) is 1.59. The Bertz CT molecular complexity index is 308. The maximum absolute atomic E-state index is 5.47. The first-order valence-electron chi connectivity index (χ1n) is 5.64. The van der Waals surface area contributed by atoms with Gasteiger partial charge in [-0.25, -0.2) is 0 Å². The minimum absolute atomic E-state index is 0.319. The summed E-state index contributed by atoms with van der Waals surface area (Å²) in [6.07, 6.45) is 4.83. The summed E-state index contributed by atoms with van der Waals surface area (Å²) in [5.41, 5.74) is 5.44. The average Bonchev–Trinajstić information content (AvgIpc) is 2.97. The third kappa shape index (κ3) is 2.47. The first-order valence-corrected chi connectivity index (χ1v) is 5.64. The maximum Gasteiger partial charge on any atom is 0.318 e. The van der Waals surface area contributed by atoms with Crippen LogP contribution in [-0.2, 0) is 6.54 Å². The third-order valence-electron chi connectivity index (χ3n) is 2.62. The highest BCUT2D eigenvalue weighted by atomic mass is 16.4. The summed E-state index contributed by atoms with van der Waals surface area (Å²) in [4.78, 5) is 2.22. The Labute approximate surface area is 89.6 Å². The van der Waals surface area contributed by atoms with Crippen LogP contribution >= 0.6 is 0 Å². The summed E-state index contributed by atoms with van der Waals surface area (Å²) >= 11 is 0. The van der Waals surface area contributed by atoms with Gasteiger partial charge in [0.25, 0.3) is 0 Å². The molecule has 0 spiro atoms. The molecule has 1 aliphatic rings. The molecule has 0 aromatic carbocycles. The summed E-state index contributed by atoms with van der Waals surface area (Å²) in [7, 11) is 0. The molecule has 0 aliphatic heterocycles. The van der Waals surface area contributed by atoms with Crippen molar-refractivity contribution in [3.05, 3.63) is 5.89 Å². The van der Waals surface area contributed by atoms with E-state index in [1.54, 1.807) is 0 Å². The van der Waals surface area contributed by atoms with E-state index in [1.807, 2.05) is 0 Å². The molecule has 5 heteroatoms. The van der Waals surface area contributed by atoms with Crippen molar-refractivity contribution in [2.24, 2.45) is 5.73 Å². The molecule has 1 saturated carbocycles. The van der Waals surface area contributed by atoms with Crippen molar-refractivity contribution >= 4 is 6.01 Å². The predicted octanol–water partition coefficient (Wildman–Crippen LogP) is 1.30. The molecular weight excluding hydrogens is 192 g/mol. The van der Waals surface area contributed by atoms with Crippen molar-refractivity contribution in [1.82, 2.24) is 10.2 Å². The Morgan fingerprint density at radius 2 is 2.27 bits per heavy atom. The van der Waals surface area contributed by atoms with E-state index in [0.717, 1.165) is 13.0 Å². The topological polar surface area (TPSA) is 68.2 Å². The number of rotatable bonds is 6. The molecule has 0 bridgehead atoms. The monoisotopic (exact) mass is 210 g/mol. The molecular formula is C10H18N4O. The summed E-state index contributed by atoms with van der Waals surface area (Å²) in [6.45, 7) is 3.51. The highest BCUT2D eigenvalue weighted by Gasteiger charge is 2.31. The second kappa shape index (κ2) is 4.61. The quantitative estimate of drug-likeness (QED) is 0.766. The zero-order valence-corrected chi connectivity index (χ0v) is 9.15. The highest BCUT2D eigenvalue weighted by molar-refractivity contribution is 5.29. The van der Waals surface area contributed by atoms with E-state index in [-0.39, 0.29) is 0 Å². The molecule has 1 heterocycles. The van der Waals surface area contributed by atoms with E-state index in [9.17, 15) is 0 Å². The van der Waals surface area contributed by atoms with Gasteiger partial charge in [-0.05, 0) is 19.3 Å². The lowest BCUT2D eigenvalue weighted by atomic mass is 10.3. The van der Waals surface area contributed by atoms with E-state index in [4.69, 9.17) is 10.2 Å². The fourth-order valence-electron chi connectivity index (χ4n) is 1.59. The molecule has 15 heavy (non-hydrogen) atoms. The van der Waals surface area contributed by atoms with Crippen molar-refractivity contribution in [3.8, 4) is 0 Å². The lowest BCUT2D eigenvalue weighted by Crippen LogP contribution is -2.27. The normalized spacial score (nSPS) is 15.6. The number of unbranched alkanes of at least 4 members (excludes halogenated alkanes) is 1. The molecule has 1 fully saturated rings. The lowest BCUT2D eigenvalue weighted by Gasteiger charge is -2.18. The van der Waals surface area contributed by atoms with Crippen LogP contribution < -0.4 is 10.6 Å². The Morgan fingerprint density at radius 1 is 1.47 bits per heavy atom. The number of hydrogen-bond donors (Lipinski definition) is 1. The minimum Gasteiger partial charge on any atom is -0.407 e. The van der Waals surface area contributed by atoms with Crippen LogP contribution in [0.15, 0.2) is 4.42 Å². The van der Waals surface area contributed by atoms with Crippen LogP contribution in [0.2, 0.25) is 0 Å². The van der Waals surface area contributed by atoms with Crippen LogP contribution in [-0.4, -0.2) is 22.8 Å². The van der Waals surface area contributed by atoms with Crippen LogP contribution in [0.1, 0.15) is 38.5 Å².